The van der Waals surface area contributed by atoms with Crippen LogP contribution >= 0.6 is 0 Å². The van der Waals surface area contributed by atoms with Crippen LogP contribution in [0.4, 0.5) is 0 Å². The lowest BCUT2D eigenvalue weighted by Gasteiger charge is -2.11. The number of hydrogen-bond donors (Lipinski definition) is 1. The van der Waals surface area contributed by atoms with Crippen molar-refractivity contribution in [2.75, 3.05) is 26.0 Å². The van der Waals surface area contributed by atoms with Crippen LogP contribution in [0.15, 0.2) is 5.16 Å². The van der Waals surface area contributed by atoms with Crippen molar-refractivity contribution in [1.29, 1.82) is 0 Å². The van der Waals surface area contributed by atoms with E-state index in [9.17, 15) is 13.2 Å². The fourth-order valence-electron chi connectivity index (χ4n) is 1.47. The molecule has 1 aliphatic heterocycles. The third kappa shape index (κ3) is 2.70. The van der Waals surface area contributed by atoms with E-state index in [-0.39, 0.29) is 25.4 Å². The molecule has 0 spiro atoms. The second-order valence-corrected chi connectivity index (χ2v) is 5.43. The van der Waals surface area contributed by atoms with Crippen LogP contribution in [0.3, 0.4) is 0 Å². The molecule has 0 amide bonds. The average molecular weight is 250 g/mol. The molecule has 8 heteroatoms. The molecule has 7 nitrogen and oxygen atoms in total. The predicted molar refractivity (Wildman–Crippen MR) is 55.8 cm³/mol. The molecular weight excluding hydrogens is 236 g/mol. The summed E-state index contributed by atoms with van der Waals surface area (Å²) in [4.78, 5) is 11.5. The highest BCUT2D eigenvalue weighted by Gasteiger charge is 2.39. The minimum Gasteiger partial charge on any atom is -0.465 e. The van der Waals surface area contributed by atoms with Gasteiger partial charge in [-0.15, -0.1) is 0 Å². The van der Waals surface area contributed by atoms with Gasteiger partial charge < -0.3 is 9.94 Å². The van der Waals surface area contributed by atoms with Crippen molar-refractivity contribution in [3.05, 3.63) is 0 Å². The topological polar surface area (TPSA) is 96.3 Å². The van der Waals surface area contributed by atoms with E-state index < -0.39 is 21.9 Å². The fraction of sp³-hybridized carbons (Fsp3) is 0.750. The number of ether oxygens (including phenoxy) is 1. The standard InChI is InChI=1S/C8H14N2O5S/c1-3-15-8(11)6-4-10(16(2,13)14)5-7(6)9-12/h6,12H,3-5H2,1-2H3. The Morgan fingerprint density at radius 2 is 2.31 bits per heavy atom. The van der Waals surface area contributed by atoms with Gasteiger partial charge in [-0.2, -0.15) is 4.31 Å². The van der Waals surface area contributed by atoms with E-state index in [0.717, 1.165) is 10.6 Å². The number of sulfonamides is 1. The molecule has 1 atom stereocenters. The van der Waals surface area contributed by atoms with Crippen LogP contribution in [0.1, 0.15) is 6.92 Å². The summed E-state index contributed by atoms with van der Waals surface area (Å²) in [6.45, 7) is 1.75. The summed E-state index contributed by atoms with van der Waals surface area (Å²) < 4.78 is 28.4. The highest BCUT2D eigenvalue weighted by Crippen LogP contribution is 2.18. The molecule has 0 radical (unpaired) electrons. The summed E-state index contributed by atoms with van der Waals surface area (Å²) in [6.07, 6.45) is 1.04. The molecule has 0 aromatic carbocycles. The Morgan fingerprint density at radius 3 is 2.75 bits per heavy atom. The van der Waals surface area contributed by atoms with Gasteiger partial charge in [-0.1, -0.05) is 5.16 Å². The number of oxime groups is 1. The first kappa shape index (κ1) is 12.9. The van der Waals surface area contributed by atoms with E-state index in [1.165, 1.54) is 0 Å². The highest BCUT2D eigenvalue weighted by molar-refractivity contribution is 7.88. The third-order valence-electron chi connectivity index (χ3n) is 2.30. The lowest BCUT2D eigenvalue weighted by Crippen LogP contribution is -2.29. The molecule has 0 aromatic rings. The van der Waals surface area contributed by atoms with Crippen LogP contribution in [-0.2, 0) is 19.6 Å². The van der Waals surface area contributed by atoms with Crippen LogP contribution in [0.25, 0.3) is 0 Å². The zero-order valence-corrected chi connectivity index (χ0v) is 9.90. The first-order valence-corrected chi connectivity index (χ1v) is 6.57. The Bertz CT molecular complexity index is 403. The molecular formula is C8H14N2O5S. The van der Waals surface area contributed by atoms with Crippen LogP contribution in [0, 0.1) is 5.92 Å². The molecule has 1 aliphatic rings. The summed E-state index contributed by atoms with van der Waals surface area (Å²) in [5.41, 5.74) is 0.115. The highest BCUT2D eigenvalue weighted by atomic mass is 32.2. The Labute approximate surface area is 93.7 Å². The van der Waals surface area contributed by atoms with Gasteiger partial charge in [0, 0.05) is 6.54 Å². The van der Waals surface area contributed by atoms with E-state index in [1.54, 1.807) is 6.92 Å². The van der Waals surface area contributed by atoms with Gasteiger partial charge >= 0.3 is 5.97 Å². The molecule has 1 unspecified atom stereocenters. The molecule has 0 aromatic heterocycles. The minimum absolute atomic E-state index is 0.0307. The molecule has 1 fully saturated rings. The maximum atomic E-state index is 11.5. The summed E-state index contributed by atoms with van der Waals surface area (Å²) in [5, 5.41) is 11.6. The summed E-state index contributed by atoms with van der Waals surface area (Å²) >= 11 is 0. The van der Waals surface area contributed by atoms with Gasteiger partial charge in [0.25, 0.3) is 0 Å². The second kappa shape index (κ2) is 4.79. The number of carbonyl (C=O) groups excluding carboxylic acids is 1. The second-order valence-electron chi connectivity index (χ2n) is 3.45. The third-order valence-corrected chi connectivity index (χ3v) is 3.51. The maximum absolute atomic E-state index is 11.5. The van der Waals surface area contributed by atoms with E-state index in [4.69, 9.17) is 9.94 Å². The molecule has 16 heavy (non-hydrogen) atoms. The number of hydrogen-bond acceptors (Lipinski definition) is 6. The molecule has 0 saturated carbocycles. The lowest BCUT2D eigenvalue weighted by molar-refractivity contribution is -0.145. The average Bonchev–Trinajstić information content (AvgIpc) is 2.61. The maximum Gasteiger partial charge on any atom is 0.316 e. The Balaban J connectivity index is 2.85. The van der Waals surface area contributed by atoms with Gasteiger partial charge in [-0.05, 0) is 6.92 Å². The Morgan fingerprint density at radius 1 is 1.69 bits per heavy atom. The normalized spacial score (nSPS) is 24.9. The summed E-state index contributed by atoms with van der Waals surface area (Å²) in [5.74, 6) is -1.37. The van der Waals surface area contributed by atoms with Crippen LogP contribution < -0.4 is 0 Å². The fourth-order valence-corrected chi connectivity index (χ4v) is 2.26. The van der Waals surface area contributed by atoms with Gasteiger partial charge in [0.15, 0.2) is 0 Å². The molecule has 0 aliphatic carbocycles. The minimum atomic E-state index is -3.39. The van der Waals surface area contributed by atoms with Crippen LogP contribution in [0.5, 0.6) is 0 Å². The quantitative estimate of drug-likeness (QED) is 0.405. The van der Waals surface area contributed by atoms with Crippen LogP contribution in [-0.4, -0.2) is 55.6 Å². The van der Waals surface area contributed by atoms with Gasteiger partial charge in [-0.25, -0.2) is 8.42 Å². The van der Waals surface area contributed by atoms with Crippen molar-refractivity contribution in [2.45, 2.75) is 6.92 Å². The predicted octanol–water partition coefficient (Wildman–Crippen LogP) is -0.729. The number of rotatable bonds is 3. The van der Waals surface area contributed by atoms with Gasteiger partial charge in [0.05, 0.1) is 25.1 Å². The number of carbonyl (C=O) groups is 1. The van der Waals surface area contributed by atoms with Gasteiger partial charge in [0.1, 0.15) is 5.92 Å². The zero-order chi connectivity index (χ0) is 12.3. The van der Waals surface area contributed by atoms with E-state index in [1.807, 2.05) is 0 Å². The monoisotopic (exact) mass is 250 g/mol. The van der Waals surface area contributed by atoms with Gasteiger partial charge in [0.2, 0.25) is 10.0 Å². The van der Waals surface area contributed by atoms with E-state index in [2.05, 4.69) is 5.16 Å². The molecule has 1 rings (SSSR count). The Hall–Kier alpha value is -1.15. The molecule has 1 heterocycles. The smallest absolute Gasteiger partial charge is 0.316 e. The van der Waals surface area contributed by atoms with Crippen molar-refractivity contribution < 1.29 is 23.2 Å². The Kier molecular flexibility index (Phi) is 3.87. The number of esters is 1. The van der Waals surface area contributed by atoms with Crippen molar-refractivity contribution in [3.8, 4) is 0 Å². The molecule has 1 saturated heterocycles. The largest absolute Gasteiger partial charge is 0.465 e. The first-order chi connectivity index (χ1) is 7.40. The SMILES string of the molecule is CCOC(=O)C1CN(S(C)(=O)=O)CC1=NO. The molecule has 92 valence electrons. The number of nitrogens with zero attached hydrogens (tertiary/aromatic N) is 2. The van der Waals surface area contributed by atoms with Crippen LogP contribution in [0.2, 0.25) is 0 Å². The van der Waals surface area contributed by atoms with E-state index >= 15 is 0 Å². The molecule has 1 N–H and O–H groups in total. The summed E-state index contributed by atoms with van der Waals surface area (Å²) in [7, 11) is -3.39. The van der Waals surface area contributed by atoms with Gasteiger partial charge in [-0.3, -0.25) is 4.79 Å². The van der Waals surface area contributed by atoms with Crippen molar-refractivity contribution >= 4 is 21.7 Å². The zero-order valence-electron chi connectivity index (χ0n) is 9.08. The van der Waals surface area contributed by atoms with E-state index in [0.29, 0.717) is 0 Å². The van der Waals surface area contributed by atoms with Crippen molar-refractivity contribution in [3.63, 3.8) is 0 Å². The lowest BCUT2D eigenvalue weighted by atomic mass is 10.1. The first-order valence-electron chi connectivity index (χ1n) is 4.72. The van der Waals surface area contributed by atoms with Crippen molar-refractivity contribution in [1.82, 2.24) is 4.31 Å². The molecule has 0 bridgehead atoms. The van der Waals surface area contributed by atoms with Crippen molar-refractivity contribution in [2.24, 2.45) is 11.1 Å². The summed E-state index contributed by atoms with van der Waals surface area (Å²) in [6, 6.07) is 0.